The second kappa shape index (κ2) is 11.0. The van der Waals surface area contributed by atoms with Gasteiger partial charge in [-0.05, 0) is 55.3 Å². The molecule has 1 aromatic heterocycles. The highest BCUT2D eigenvalue weighted by molar-refractivity contribution is 5.95. The van der Waals surface area contributed by atoms with Gasteiger partial charge in [-0.3, -0.25) is 4.79 Å². The number of benzene rings is 2. The first-order chi connectivity index (χ1) is 17.2. The third kappa shape index (κ3) is 5.37. The molecule has 0 spiro atoms. The number of piperidine rings is 1. The molecule has 184 valence electrons. The summed E-state index contributed by atoms with van der Waals surface area (Å²) in [6, 6.07) is 15.3. The van der Waals surface area contributed by atoms with Crippen molar-refractivity contribution in [2.45, 2.75) is 44.5 Å². The molecule has 5 rings (SSSR count). The number of fused-ring (bicyclic) bond motifs is 1. The zero-order valence-electron chi connectivity index (χ0n) is 19.7. The van der Waals surface area contributed by atoms with Gasteiger partial charge < -0.3 is 30.4 Å². The maximum absolute atomic E-state index is 13.0. The molecule has 0 saturated carbocycles. The lowest BCUT2D eigenvalue weighted by Crippen LogP contribution is -2.34. The van der Waals surface area contributed by atoms with Gasteiger partial charge >= 0.3 is 0 Å². The smallest absolute Gasteiger partial charge is 0.251 e. The number of ether oxygens (including phenoxy) is 1. The maximum atomic E-state index is 13.0. The Morgan fingerprint density at radius 2 is 2.00 bits per heavy atom. The molecule has 3 heterocycles. The molecule has 3 aromatic rings. The van der Waals surface area contributed by atoms with E-state index in [4.69, 9.17) is 4.74 Å². The second-order valence-electron chi connectivity index (χ2n) is 9.05. The van der Waals surface area contributed by atoms with Crippen LogP contribution in [-0.2, 0) is 24.4 Å². The summed E-state index contributed by atoms with van der Waals surface area (Å²) in [4.78, 5) is 13.0. The van der Waals surface area contributed by atoms with Gasteiger partial charge in [0.2, 0.25) is 0 Å². The minimum absolute atomic E-state index is 0.0344. The van der Waals surface area contributed by atoms with Gasteiger partial charge in [0.05, 0.1) is 32.4 Å². The lowest BCUT2D eigenvalue weighted by Gasteiger charge is -2.26. The first-order valence-electron chi connectivity index (χ1n) is 12.3. The molecule has 2 aliphatic rings. The Balaban J connectivity index is 1.25. The summed E-state index contributed by atoms with van der Waals surface area (Å²) in [6.45, 7) is 3.92. The number of hydrogen-bond acceptors (Lipinski definition) is 7. The van der Waals surface area contributed by atoms with Crippen LogP contribution in [0.2, 0.25) is 0 Å². The first-order valence-corrected chi connectivity index (χ1v) is 12.3. The van der Waals surface area contributed by atoms with E-state index in [2.05, 4.69) is 26.1 Å². The van der Waals surface area contributed by atoms with Crippen molar-refractivity contribution in [2.24, 2.45) is 0 Å². The van der Waals surface area contributed by atoms with Gasteiger partial charge in [0, 0.05) is 23.7 Å². The highest BCUT2D eigenvalue weighted by Gasteiger charge is 2.24. The molecule has 1 amide bonds. The van der Waals surface area contributed by atoms with Crippen LogP contribution in [0.25, 0.3) is 0 Å². The van der Waals surface area contributed by atoms with Crippen molar-refractivity contribution >= 4 is 11.6 Å². The van der Waals surface area contributed by atoms with E-state index in [-0.39, 0.29) is 18.6 Å². The fourth-order valence-electron chi connectivity index (χ4n) is 4.90. The second-order valence-corrected chi connectivity index (χ2v) is 9.05. The Morgan fingerprint density at radius 1 is 1.14 bits per heavy atom. The summed E-state index contributed by atoms with van der Waals surface area (Å²) in [7, 11) is 0. The molecule has 2 aliphatic heterocycles. The van der Waals surface area contributed by atoms with Gasteiger partial charge in [-0.15, -0.1) is 10.2 Å². The monoisotopic (exact) mass is 476 g/mol. The van der Waals surface area contributed by atoms with Crippen LogP contribution in [0.4, 0.5) is 5.69 Å². The first kappa shape index (κ1) is 23.5. The van der Waals surface area contributed by atoms with E-state index in [1.165, 1.54) is 0 Å². The molecule has 1 saturated heterocycles. The Bertz CT molecular complexity index is 1160. The van der Waals surface area contributed by atoms with Gasteiger partial charge in [0.15, 0.2) is 5.82 Å². The third-order valence-corrected chi connectivity index (χ3v) is 6.74. The Kier molecular flexibility index (Phi) is 7.37. The van der Waals surface area contributed by atoms with E-state index in [1.807, 2.05) is 47.0 Å². The molecular weight excluding hydrogens is 444 g/mol. The number of nitrogens with zero attached hydrogens (tertiary/aromatic N) is 3. The molecular formula is C26H32N6O3. The molecule has 1 fully saturated rings. The molecule has 2 aromatic carbocycles. The highest BCUT2D eigenvalue weighted by atomic mass is 16.5. The zero-order chi connectivity index (χ0) is 24.0. The summed E-state index contributed by atoms with van der Waals surface area (Å²) < 4.78 is 7.70. The van der Waals surface area contributed by atoms with Gasteiger partial charge in [-0.1, -0.05) is 30.3 Å². The van der Waals surface area contributed by atoms with E-state index >= 15 is 0 Å². The van der Waals surface area contributed by atoms with Crippen LogP contribution in [-0.4, -0.2) is 52.1 Å². The topological polar surface area (TPSA) is 113 Å². The Labute approximate surface area is 204 Å². The summed E-state index contributed by atoms with van der Waals surface area (Å²) in [6.07, 6.45) is 2.04. The quantitative estimate of drug-likeness (QED) is 0.395. The Hall–Kier alpha value is -3.27. The SMILES string of the molecule is O=C(N[C@H]1COCc2ccccc21)c1cccc(NCc2nnc(C3CCNCC3)n2CCO)c1. The summed E-state index contributed by atoms with van der Waals surface area (Å²) in [5.41, 5.74) is 3.61. The standard InChI is InChI=1S/C26H32N6O3/c33-13-12-32-24(30-31-25(32)18-8-10-27-11-9-18)15-28-21-6-3-5-19(14-21)26(34)29-23-17-35-16-20-4-1-2-7-22(20)23/h1-7,14,18,23,27-28,33H,8-13,15-17H2,(H,29,34)/t23-/m0/s1. The van der Waals surface area contributed by atoms with Crippen molar-refractivity contribution in [1.82, 2.24) is 25.4 Å². The number of hydrogen-bond donors (Lipinski definition) is 4. The van der Waals surface area contributed by atoms with Gasteiger partial charge in [0.25, 0.3) is 5.91 Å². The van der Waals surface area contributed by atoms with Crippen LogP contribution in [0, 0.1) is 0 Å². The van der Waals surface area contributed by atoms with E-state index in [1.54, 1.807) is 6.07 Å². The number of nitrogens with one attached hydrogen (secondary N) is 3. The number of aliphatic hydroxyl groups excluding tert-OH is 1. The normalized spacial score (nSPS) is 18.1. The van der Waals surface area contributed by atoms with E-state index in [0.29, 0.717) is 37.8 Å². The minimum Gasteiger partial charge on any atom is -0.395 e. The molecule has 9 nitrogen and oxygen atoms in total. The molecule has 4 N–H and O–H groups in total. The number of anilines is 1. The number of aromatic nitrogens is 3. The van der Waals surface area contributed by atoms with Gasteiger partial charge in [0.1, 0.15) is 5.82 Å². The van der Waals surface area contributed by atoms with E-state index in [0.717, 1.165) is 54.4 Å². The Morgan fingerprint density at radius 3 is 2.86 bits per heavy atom. The fraction of sp³-hybridized carbons (Fsp3) is 0.423. The molecule has 1 atom stereocenters. The number of aliphatic hydroxyl groups is 1. The maximum Gasteiger partial charge on any atom is 0.251 e. The van der Waals surface area contributed by atoms with Crippen LogP contribution in [0.1, 0.15) is 57.9 Å². The van der Waals surface area contributed by atoms with Crippen molar-refractivity contribution in [3.63, 3.8) is 0 Å². The van der Waals surface area contributed by atoms with Crippen molar-refractivity contribution in [2.75, 3.05) is 31.6 Å². The molecule has 0 bridgehead atoms. The summed E-state index contributed by atoms with van der Waals surface area (Å²) in [5, 5.41) is 28.3. The zero-order valence-corrected chi connectivity index (χ0v) is 19.7. The van der Waals surface area contributed by atoms with Crippen LogP contribution in [0.5, 0.6) is 0 Å². The summed E-state index contributed by atoms with van der Waals surface area (Å²) >= 11 is 0. The van der Waals surface area contributed by atoms with Crippen molar-refractivity contribution < 1.29 is 14.6 Å². The number of carbonyl (C=O) groups is 1. The summed E-state index contributed by atoms with van der Waals surface area (Å²) in [5.74, 6) is 1.93. The highest BCUT2D eigenvalue weighted by Crippen LogP contribution is 2.26. The number of rotatable bonds is 8. The third-order valence-electron chi connectivity index (χ3n) is 6.74. The molecule has 0 aliphatic carbocycles. The van der Waals surface area contributed by atoms with Crippen molar-refractivity contribution in [3.8, 4) is 0 Å². The van der Waals surface area contributed by atoms with Gasteiger partial charge in [-0.2, -0.15) is 0 Å². The van der Waals surface area contributed by atoms with E-state index in [9.17, 15) is 9.90 Å². The fourth-order valence-corrected chi connectivity index (χ4v) is 4.90. The average Bonchev–Trinajstić information content (AvgIpc) is 3.31. The largest absolute Gasteiger partial charge is 0.395 e. The average molecular weight is 477 g/mol. The van der Waals surface area contributed by atoms with Crippen LogP contribution < -0.4 is 16.0 Å². The lowest BCUT2D eigenvalue weighted by molar-refractivity contribution is 0.0708. The van der Waals surface area contributed by atoms with E-state index < -0.39 is 0 Å². The van der Waals surface area contributed by atoms with Crippen molar-refractivity contribution in [3.05, 3.63) is 76.9 Å². The molecule has 35 heavy (non-hydrogen) atoms. The van der Waals surface area contributed by atoms with Gasteiger partial charge in [-0.25, -0.2) is 0 Å². The molecule has 0 radical (unpaired) electrons. The van der Waals surface area contributed by atoms with Crippen LogP contribution >= 0.6 is 0 Å². The van der Waals surface area contributed by atoms with Crippen molar-refractivity contribution in [1.29, 1.82) is 0 Å². The van der Waals surface area contributed by atoms with Crippen LogP contribution in [0.15, 0.2) is 48.5 Å². The van der Waals surface area contributed by atoms with Crippen LogP contribution in [0.3, 0.4) is 0 Å². The number of carbonyl (C=O) groups excluding carboxylic acids is 1. The molecule has 9 heteroatoms. The lowest BCUT2D eigenvalue weighted by atomic mass is 9.97. The minimum atomic E-state index is -0.172. The predicted molar refractivity (Wildman–Crippen MR) is 132 cm³/mol. The number of amides is 1. The molecule has 0 unspecified atom stereocenters. The predicted octanol–water partition coefficient (Wildman–Crippen LogP) is 2.35.